The number of nitrogens with one attached hydrogen (secondary N) is 1. The second-order valence-corrected chi connectivity index (χ2v) is 5.75. The van der Waals surface area contributed by atoms with Crippen LogP contribution >= 0.6 is 0 Å². The zero-order valence-electron chi connectivity index (χ0n) is 12.2. The van der Waals surface area contributed by atoms with Crippen LogP contribution in [0.5, 0.6) is 0 Å². The summed E-state index contributed by atoms with van der Waals surface area (Å²) in [5.74, 6) is 1.18. The van der Waals surface area contributed by atoms with Crippen LogP contribution in [0.2, 0.25) is 0 Å². The van der Waals surface area contributed by atoms with E-state index in [0.717, 1.165) is 25.0 Å². The molecular weight excluding hydrogens is 274 g/mol. The monoisotopic (exact) mass is 291 g/mol. The van der Waals surface area contributed by atoms with E-state index in [1.54, 1.807) is 0 Å². The number of anilines is 1. The first-order chi connectivity index (χ1) is 10.8. The highest BCUT2D eigenvalue weighted by Gasteiger charge is 2.25. The predicted molar refractivity (Wildman–Crippen MR) is 88.4 cm³/mol. The summed E-state index contributed by atoms with van der Waals surface area (Å²) in [4.78, 5) is 21.9. The van der Waals surface area contributed by atoms with E-state index in [-0.39, 0.29) is 5.56 Å². The maximum atomic E-state index is 12.2. The molecule has 0 aliphatic carbocycles. The van der Waals surface area contributed by atoms with Crippen LogP contribution in [0.25, 0.3) is 10.9 Å². The molecule has 4 heteroatoms. The van der Waals surface area contributed by atoms with Gasteiger partial charge in [0.25, 0.3) is 5.56 Å². The molecule has 1 aliphatic heterocycles. The third-order valence-corrected chi connectivity index (χ3v) is 4.36. The van der Waals surface area contributed by atoms with Gasteiger partial charge in [0.2, 0.25) is 5.95 Å². The number of aromatic nitrogens is 2. The number of benzene rings is 2. The Balaban J connectivity index is 1.65. The van der Waals surface area contributed by atoms with Crippen LogP contribution in [-0.2, 0) is 0 Å². The number of nitrogens with zero attached hydrogens (tertiary/aromatic N) is 2. The van der Waals surface area contributed by atoms with Crippen molar-refractivity contribution in [3.05, 3.63) is 70.5 Å². The number of hydrogen-bond acceptors (Lipinski definition) is 3. The van der Waals surface area contributed by atoms with E-state index in [4.69, 9.17) is 0 Å². The third-order valence-electron chi connectivity index (χ3n) is 4.36. The SMILES string of the molecule is O=c1[nH]c(N2CCC(c3ccccc3)C2)nc2ccccc12. The quantitative estimate of drug-likeness (QED) is 0.790. The minimum atomic E-state index is -0.0660. The van der Waals surface area contributed by atoms with Gasteiger partial charge in [-0.1, -0.05) is 42.5 Å². The fraction of sp³-hybridized carbons (Fsp3) is 0.222. The highest BCUT2D eigenvalue weighted by molar-refractivity contribution is 5.78. The van der Waals surface area contributed by atoms with Gasteiger partial charge in [0.15, 0.2) is 0 Å². The fourth-order valence-electron chi connectivity index (χ4n) is 3.17. The minimum Gasteiger partial charge on any atom is -0.342 e. The zero-order chi connectivity index (χ0) is 14.9. The van der Waals surface area contributed by atoms with E-state index >= 15 is 0 Å². The summed E-state index contributed by atoms with van der Waals surface area (Å²) < 4.78 is 0. The molecule has 1 atom stereocenters. The van der Waals surface area contributed by atoms with Crippen molar-refractivity contribution in [2.75, 3.05) is 18.0 Å². The van der Waals surface area contributed by atoms with Crippen molar-refractivity contribution in [3.63, 3.8) is 0 Å². The third kappa shape index (κ3) is 2.26. The Morgan fingerprint density at radius 3 is 2.68 bits per heavy atom. The molecule has 110 valence electrons. The first-order valence-electron chi connectivity index (χ1n) is 7.60. The van der Waals surface area contributed by atoms with Crippen molar-refractivity contribution in [1.29, 1.82) is 0 Å². The first-order valence-corrected chi connectivity index (χ1v) is 7.60. The summed E-state index contributed by atoms with van der Waals surface area (Å²) in [6.07, 6.45) is 1.08. The van der Waals surface area contributed by atoms with Gasteiger partial charge in [-0.3, -0.25) is 9.78 Å². The summed E-state index contributed by atoms with van der Waals surface area (Å²) in [5.41, 5.74) is 2.04. The van der Waals surface area contributed by atoms with Crippen molar-refractivity contribution in [1.82, 2.24) is 9.97 Å². The van der Waals surface area contributed by atoms with E-state index in [1.165, 1.54) is 5.56 Å². The Labute approximate surface area is 128 Å². The van der Waals surface area contributed by atoms with Crippen LogP contribution in [0, 0.1) is 0 Å². The molecule has 1 aliphatic rings. The van der Waals surface area contributed by atoms with Gasteiger partial charge in [-0.2, -0.15) is 0 Å². The van der Waals surface area contributed by atoms with Gasteiger partial charge < -0.3 is 4.90 Å². The van der Waals surface area contributed by atoms with Gasteiger partial charge in [-0.25, -0.2) is 4.98 Å². The van der Waals surface area contributed by atoms with E-state index < -0.39 is 0 Å². The summed E-state index contributed by atoms with van der Waals surface area (Å²) in [7, 11) is 0. The largest absolute Gasteiger partial charge is 0.342 e. The Hall–Kier alpha value is -2.62. The molecular formula is C18H17N3O. The van der Waals surface area contributed by atoms with Crippen molar-refractivity contribution in [2.24, 2.45) is 0 Å². The maximum Gasteiger partial charge on any atom is 0.260 e. The van der Waals surface area contributed by atoms with Crippen LogP contribution in [0.15, 0.2) is 59.4 Å². The second kappa shape index (κ2) is 5.30. The summed E-state index contributed by atoms with van der Waals surface area (Å²) >= 11 is 0. The molecule has 22 heavy (non-hydrogen) atoms. The average Bonchev–Trinajstić information content (AvgIpc) is 3.06. The molecule has 2 aromatic carbocycles. The van der Waals surface area contributed by atoms with E-state index in [2.05, 4.69) is 39.1 Å². The maximum absolute atomic E-state index is 12.2. The molecule has 3 aromatic rings. The molecule has 2 heterocycles. The lowest BCUT2D eigenvalue weighted by atomic mass is 9.99. The molecule has 0 bridgehead atoms. The molecule has 1 saturated heterocycles. The number of fused-ring (bicyclic) bond motifs is 1. The number of H-pyrrole nitrogens is 1. The molecule has 0 radical (unpaired) electrons. The Morgan fingerprint density at radius 2 is 1.82 bits per heavy atom. The van der Waals surface area contributed by atoms with E-state index in [0.29, 0.717) is 17.3 Å². The normalized spacial score (nSPS) is 18.0. The highest BCUT2D eigenvalue weighted by atomic mass is 16.1. The van der Waals surface area contributed by atoms with Gasteiger partial charge >= 0.3 is 0 Å². The summed E-state index contributed by atoms with van der Waals surface area (Å²) in [6.45, 7) is 1.81. The van der Waals surface area contributed by atoms with Crippen molar-refractivity contribution in [3.8, 4) is 0 Å². The molecule has 1 aromatic heterocycles. The molecule has 1 unspecified atom stereocenters. The number of hydrogen-bond donors (Lipinski definition) is 1. The number of aromatic amines is 1. The Morgan fingerprint density at radius 1 is 1.05 bits per heavy atom. The van der Waals surface area contributed by atoms with Crippen molar-refractivity contribution < 1.29 is 0 Å². The average molecular weight is 291 g/mol. The van der Waals surface area contributed by atoms with E-state index in [9.17, 15) is 4.79 Å². The van der Waals surface area contributed by atoms with Crippen molar-refractivity contribution in [2.45, 2.75) is 12.3 Å². The van der Waals surface area contributed by atoms with Gasteiger partial charge in [0.1, 0.15) is 0 Å². The number of para-hydroxylation sites is 1. The smallest absolute Gasteiger partial charge is 0.260 e. The van der Waals surface area contributed by atoms with Crippen LogP contribution in [0.4, 0.5) is 5.95 Å². The van der Waals surface area contributed by atoms with Gasteiger partial charge in [0, 0.05) is 19.0 Å². The van der Waals surface area contributed by atoms with Crippen LogP contribution in [0.1, 0.15) is 17.9 Å². The summed E-state index contributed by atoms with van der Waals surface area (Å²) in [5, 5.41) is 0.644. The van der Waals surface area contributed by atoms with Gasteiger partial charge in [-0.05, 0) is 24.1 Å². The topological polar surface area (TPSA) is 49.0 Å². The fourth-order valence-corrected chi connectivity index (χ4v) is 3.17. The zero-order valence-corrected chi connectivity index (χ0v) is 12.2. The van der Waals surface area contributed by atoms with Gasteiger partial charge in [0.05, 0.1) is 10.9 Å². The standard InChI is InChI=1S/C18H17N3O/c22-17-15-8-4-5-9-16(15)19-18(20-17)21-11-10-14(12-21)13-6-2-1-3-7-13/h1-9,14H,10-12H2,(H,19,20,22). The molecule has 0 saturated carbocycles. The minimum absolute atomic E-state index is 0.0660. The molecule has 4 nitrogen and oxygen atoms in total. The highest BCUT2D eigenvalue weighted by Crippen LogP contribution is 2.29. The first kappa shape index (κ1) is 13.1. The molecule has 0 amide bonds. The number of rotatable bonds is 2. The Bertz CT molecular complexity index is 857. The lowest BCUT2D eigenvalue weighted by Gasteiger charge is -2.17. The van der Waals surface area contributed by atoms with Crippen LogP contribution in [0.3, 0.4) is 0 Å². The van der Waals surface area contributed by atoms with Crippen LogP contribution < -0.4 is 10.5 Å². The lowest BCUT2D eigenvalue weighted by Crippen LogP contribution is -2.24. The molecule has 1 N–H and O–H groups in total. The predicted octanol–water partition coefficient (Wildman–Crippen LogP) is 2.92. The Kier molecular flexibility index (Phi) is 3.15. The van der Waals surface area contributed by atoms with Gasteiger partial charge in [-0.15, -0.1) is 0 Å². The second-order valence-electron chi connectivity index (χ2n) is 5.75. The lowest BCUT2D eigenvalue weighted by molar-refractivity contribution is 0.773. The van der Waals surface area contributed by atoms with Crippen molar-refractivity contribution >= 4 is 16.9 Å². The van der Waals surface area contributed by atoms with E-state index in [1.807, 2.05) is 30.3 Å². The molecule has 1 fully saturated rings. The summed E-state index contributed by atoms with van der Waals surface area (Å²) in [6, 6.07) is 18.0. The molecule has 0 spiro atoms. The van der Waals surface area contributed by atoms with Crippen LogP contribution in [-0.4, -0.2) is 23.1 Å². The molecule has 4 rings (SSSR count).